The van der Waals surface area contributed by atoms with Gasteiger partial charge in [-0.2, -0.15) is 0 Å². The standard InChI is InChI=1S/C13H16F2N2O2/c1-19-12(18)13(16)2-4-17(5-3-13)11-7-9(14)6-10(15)8-11/h6-8H,2-5,16H2,1H3. The molecule has 0 atom stereocenters. The van der Waals surface area contributed by atoms with Crippen LogP contribution in [0, 0.1) is 11.6 Å². The minimum absolute atomic E-state index is 0.387. The molecule has 0 saturated carbocycles. The van der Waals surface area contributed by atoms with Crippen molar-refractivity contribution in [3.05, 3.63) is 29.8 Å². The Morgan fingerprint density at radius 2 is 1.79 bits per heavy atom. The average molecular weight is 270 g/mol. The number of piperidine rings is 1. The van der Waals surface area contributed by atoms with Gasteiger partial charge in [0.2, 0.25) is 0 Å². The number of esters is 1. The summed E-state index contributed by atoms with van der Waals surface area (Å²) in [5, 5.41) is 0. The van der Waals surface area contributed by atoms with E-state index in [9.17, 15) is 13.6 Å². The van der Waals surface area contributed by atoms with Crippen molar-refractivity contribution in [1.82, 2.24) is 0 Å². The first-order valence-electron chi connectivity index (χ1n) is 6.03. The van der Waals surface area contributed by atoms with E-state index in [0.29, 0.717) is 31.6 Å². The topological polar surface area (TPSA) is 55.6 Å². The van der Waals surface area contributed by atoms with Crippen LogP contribution in [0.5, 0.6) is 0 Å². The highest BCUT2D eigenvalue weighted by Gasteiger charge is 2.38. The molecule has 1 aliphatic heterocycles. The van der Waals surface area contributed by atoms with Gasteiger partial charge in [-0.1, -0.05) is 0 Å². The van der Waals surface area contributed by atoms with Gasteiger partial charge < -0.3 is 15.4 Å². The molecule has 104 valence electrons. The predicted octanol–water partition coefficient (Wildman–Crippen LogP) is 1.44. The zero-order valence-corrected chi connectivity index (χ0v) is 10.7. The molecule has 19 heavy (non-hydrogen) atoms. The molecule has 0 aromatic heterocycles. The molecule has 0 aliphatic carbocycles. The van der Waals surface area contributed by atoms with Gasteiger partial charge in [-0.25, -0.2) is 8.78 Å². The summed E-state index contributed by atoms with van der Waals surface area (Å²) in [7, 11) is 1.30. The second-order valence-electron chi connectivity index (χ2n) is 4.76. The predicted molar refractivity (Wildman–Crippen MR) is 66.7 cm³/mol. The molecule has 1 saturated heterocycles. The number of hydrogen-bond acceptors (Lipinski definition) is 4. The van der Waals surface area contributed by atoms with Crippen LogP contribution in [-0.4, -0.2) is 31.7 Å². The van der Waals surface area contributed by atoms with Gasteiger partial charge in [0, 0.05) is 24.8 Å². The van der Waals surface area contributed by atoms with Crippen LogP contribution in [0.15, 0.2) is 18.2 Å². The maximum absolute atomic E-state index is 13.2. The van der Waals surface area contributed by atoms with E-state index in [4.69, 9.17) is 5.73 Å². The maximum Gasteiger partial charge on any atom is 0.325 e. The molecule has 6 heteroatoms. The van der Waals surface area contributed by atoms with Crippen LogP contribution in [0.1, 0.15) is 12.8 Å². The van der Waals surface area contributed by atoms with Crippen LogP contribution in [-0.2, 0) is 9.53 Å². The van der Waals surface area contributed by atoms with Crippen LogP contribution in [0.2, 0.25) is 0 Å². The first-order valence-corrected chi connectivity index (χ1v) is 6.03. The first kappa shape index (κ1) is 13.7. The highest BCUT2D eigenvalue weighted by Crippen LogP contribution is 2.26. The van der Waals surface area contributed by atoms with Gasteiger partial charge in [-0.05, 0) is 25.0 Å². The fraction of sp³-hybridized carbons (Fsp3) is 0.462. The Morgan fingerprint density at radius 3 is 2.26 bits per heavy atom. The lowest BCUT2D eigenvalue weighted by atomic mass is 9.88. The van der Waals surface area contributed by atoms with Crippen molar-refractivity contribution >= 4 is 11.7 Å². The smallest absolute Gasteiger partial charge is 0.325 e. The van der Waals surface area contributed by atoms with Crippen molar-refractivity contribution in [2.75, 3.05) is 25.1 Å². The van der Waals surface area contributed by atoms with Crippen molar-refractivity contribution in [2.24, 2.45) is 5.73 Å². The minimum Gasteiger partial charge on any atom is -0.468 e. The zero-order valence-electron chi connectivity index (χ0n) is 10.7. The Hall–Kier alpha value is -1.69. The summed E-state index contributed by atoms with van der Waals surface area (Å²) in [6.45, 7) is 0.906. The molecule has 0 bridgehead atoms. The molecular formula is C13H16F2N2O2. The number of nitrogens with two attached hydrogens (primary N) is 1. The van der Waals surface area contributed by atoms with Crippen LogP contribution < -0.4 is 10.6 Å². The van der Waals surface area contributed by atoms with E-state index in [0.717, 1.165) is 6.07 Å². The third-order valence-electron chi connectivity index (χ3n) is 3.46. The summed E-state index contributed by atoms with van der Waals surface area (Å²) in [6, 6.07) is 3.37. The highest BCUT2D eigenvalue weighted by molar-refractivity contribution is 5.81. The number of hydrogen-bond donors (Lipinski definition) is 1. The van der Waals surface area contributed by atoms with Crippen LogP contribution >= 0.6 is 0 Å². The van der Waals surface area contributed by atoms with E-state index in [1.54, 1.807) is 4.90 Å². The van der Waals surface area contributed by atoms with Gasteiger partial charge in [0.15, 0.2) is 0 Å². The lowest BCUT2D eigenvalue weighted by Gasteiger charge is -2.38. The highest BCUT2D eigenvalue weighted by atomic mass is 19.1. The van der Waals surface area contributed by atoms with Crippen molar-refractivity contribution in [3.63, 3.8) is 0 Å². The molecule has 0 unspecified atom stereocenters. The Bertz CT molecular complexity index is 465. The number of halogens is 2. The summed E-state index contributed by atoms with van der Waals surface area (Å²) < 4.78 is 31.0. The fourth-order valence-corrected chi connectivity index (χ4v) is 2.29. The third kappa shape index (κ3) is 2.84. The summed E-state index contributed by atoms with van der Waals surface area (Å²) in [5.41, 5.74) is 5.42. The van der Waals surface area contributed by atoms with E-state index >= 15 is 0 Å². The number of rotatable bonds is 2. The van der Waals surface area contributed by atoms with Crippen LogP contribution in [0.3, 0.4) is 0 Å². The number of anilines is 1. The summed E-state index contributed by atoms with van der Waals surface area (Å²) in [5.74, 6) is -1.68. The van der Waals surface area contributed by atoms with E-state index in [2.05, 4.69) is 4.74 Å². The third-order valence-corrected chi connectivity index (χ3v) is 3.46. The zero-order chi connectivity index (χ0) is 14.0. The number of methoxy groups -OCH3 is 1. The molecule has 1 heterocycles. The van der Waals surface area contributed by atoms with Crippen molar-refractivity contribution in [3.8, 4) is 0 Å². The van der Waals surface area contributed by atoms with E-state index in [1.165, 1.54) is 19.2 Å². The Balaban J connectivity index is 2.09. The van der Waals surface area contributed by atoms with E-state index in [1.807, 2.05) is 0 Å². The number of carbonyl (C=O) groups excluding carboxylic acids is 1. The molecule has 0 amide bonds. The quantitative estimate of drug-likeness (QED) is 0.826. The van der Waals surface area contributed by atoms with Crippen molar-refractivity contribution in [1.29, 1.82) is 0 Å². The molecular weight excluding hydrogens is 254 g/mol. The van der Waals surface area contributed by atoms with Gasteiger partial charge in [0.1, 0.15) is 17.2 Å². The first-order chi connectivity index (χ1) is 8.94. The van der Waals surface area contributed by atoms with Crippen molar-refractivity contribution < 1.29 is 18.3 Å². The molecule has 1 aromatic carbocycles. The van der Waals surface area contributed by atoms with Crippen LogP contribution in [0.4, 0.5) is 14.5 Å². The fourth-order valence-electron chi connectivity index (χ4n) is 2.29. The number of ether oxygens (including phenoxy) is 1. The molecule has 0 spiro atoms. The second-order valence-corrected chi connectivity index (χ2v) is 4.76. The molecule has 2 rings (SSSR count). The summed E-state index contributed by atoms with van der Waals surface area (Å²) in [6.07, 6.45) is 0.773. The van der Waals surface area contributed by atoms with Crippen LogP contribution in [0.25, 0.3) is 0 Å². The van der Waals surface area contributed by atoms with Gasteiger partial charge in [0.25, 0.3) is 0 Å². The normalized spacial score (nSPS) is 18.2. The maximum atomic E-state index is 13.2. The SMILES string of the molecule is COC(=O)C1(N)CCN(c2cc(F)cc(F)c2)CC1. The summed E-state index contributed by atoms with van der Waals surface area (Å²) >= 11 is 0. The van der Waals surface area contributed by atoms with Gasteiger partial charge in [0.05, 0.1) is 7.11 Å². The summed E-state index contributed by atoms with van der Waals surface area (Å²) in [4.78, 5) is 13.4. The second kappa shape index (κ2) is 5.13. The Labute approximate surface area is 110 Å². The molecule has 0 radical (unpaired) electrons. The average Bonchev–Trinajstić information content (AvgIpc) is 2.37. The minimum atomic E-state index is -1.00. The van der Waals surface area contributed by atoms with Gasteiger partial charge in [-0.3, -0.25) is 4.79 Å². The Kier molecular flexibility index (Phi) is 3.71. The molecule has 2 N–H and O–H groups in total. The molecule has 1 aromatic rings. The molecule has 1 fully saturated rings. The molecule has 1 aliphatic rings. The van der Waals surface area contributed by atoms with Gasteiger partial charge >= 0.3 is 5.97 Å². The lowest BCUT2D eigenvalue weighted by molar-refractivity contribution is -0.147. The van der Waals surface area contributed by atoms with Gasteiger partial charge in [-0.15, -0.1) is 0 Å². The molecule has 4 nitrogen and oxygen atoms in total. The largest absolute Gasteiger partial charge is 0.468 e. The Morgan fingerprint density at radius 1 is 1.26 bits per heavy atom. The number of carbonyl (C=O) groups is 1. The van der Waals surface area contributed by atoms with E-state index in [-0.39, 0.29) is 0 Å². The number of nitrogens with zero attached hydrogens (tertiary/aromatic N) is 1. The lowest BCUT2D eigenvalue weighted by Crippen LogP contribution is -2.56. The van der Waals surface area contributed by atoms with Crippen molar-refractivity contribution in [2.45, 2.75) is 18.4 Å². The van der Waals surface area contributed by atoms with E-state index < -0.39 is 23.1 Å². The number of benzene rings is 1. The monoisotopic (exact) mass is 270 g/mol.